The fraction of sp³-hybridized carbons (Fsp3) is 0.500. The van der Waals surface area contributed by atoms with E-state index in [2.05, 4.69) is 5.32 Å². The summed E-state index contributed by atoms with van der Waals surface area (Å²) in [4.78, 5) is 12.3. The van der Waals surface area contributed by atoms with Crippen molar-refractivity contribution in [2.45, 2.75) is 37.6 Å². The van der Waals surface area contributed by atoms with Gasteiger partial charge in [-0.15, -0.1) is 12.4 Å². The van der Waals surface area contributed by atoms with E-state index in [-0.39, 0.29) is 30.0 Å². The molecule has 5 nitrogen and oxygen atoms in total. The van der Waals surface area contributed by atoms with E-state index in [1.807, 2.05) is 13.8 Å². The third-order valence-electron chi connectivity index (χ3n) is 3.87. The van der Waals surface area contributed by atoms with Gasteiger partial charge in [0.2, 0.25) is 5.91 Å². The molecule has 0 bridgehead atoms. The summed E-state index contributed by atoms with van der Waals surface area (Å²) in [5.41, 5.74) is 7.15. The second-order valence-electron chi connectivity index (χ2n) is 5.29. The maximum absolute atomic E-state index is 12.0. The minimum atomic E-state index is -3.19. The number of aryl methyl sites for hydroxylation is 1. The molecule has 1 amide bonds. The molecule has 1 aromatic carbocycles. The largest absolute Gasteiger partial charge is 0.325 e. The van der Waals surface area contributed by atoms with Gasteiger partial charge in [-0.3, -0.25) is 4.79 Å². The van der Waals surface area contributed by atoms with Crippen molar-refractivity contribution in [2.75, 3.05) is 11.1 Å². The Morgan fingerprint density at radius 2 is 2.10 bits per heavy atom. The van der Waals surface area contributed by atoms with Crippen molar-refractivity contribution in [3.63, 3.8) is 0 Å². The highest BCUT2D eigenvalue weighted by molar-refractivity contribution is 7.91. The maximum Gasteiger partial charge on any atom is 0.241 e. The van der Waals surface area contributed by atoms with Crippen LogP contribution in [0.5, 0.6) is 0 Å². The van der Waals surface area contributed by atoms with E-state index in [9.17, 15) is 13.2 Å². The molecule has 21 heavy (non-hydrogen) atoms. The molecule has 2 rings (SSSR count). The number of carbonyl (C=O) groups is 1. The van der Waals surface area contributed by atoms with Gasteiger partial charge in [-0.05, 0) is 30.0 Å². The SMILES string of the molecule is CCC(C)C(N)C(=O)Nc1ccc2c(c1)S(=O)(=O)CC2.Cl. The van der Waals surface area contributed by atoms with Crippen molar-refractivity contribution in [1.29, 1.82) is 0 Å². The molecule has 1 aliphatic heterocycles. The van der Waals surface area contributed by atoms with Crippen LogP contribution >= 0.6 is 12.4 Å². The number of rotatable bonds is 4. The Labute approximate surface area is 131 Å². The summed E-state index contributed by atoms with van der Waals surface area (Å²) >= 11 is 0. The number of halogens is 1. The highest BCUT2D eigenvalue weighted by Gasteiger charge is 2.27. The van der Waals surface area contributed by atoms with E-state index in [0.29, 0.717) is 17.0 Å². The summed E-state index contributed by atoms with van der Waals surface area (Å²) in [6, 6.07) is 4.41. The molecule has 0 saturated carbocycles. The lowest BCUT2D eigenvalue weighted by molar-refractivity contribution is -0.118. The van der Waals surface area contributed by atoms with Crippen molar-refractivity contribution in [3.8, 4) is 0 Å². The normalized spacial score (nSPS) is 18.2. The Kier molecular flexibility index (Phi) is 5.78. The molecule has 0 saturated heterocycles. The first-order valence-corrected chi connectivity index (χ1v) is 8.42. The molecule has 3 N–H and O–H groups in total. The van der Waals surface area contributed by atoms with E-state index >= 15 is 0 Å². The summed E-state index contributed by atoms with van der Waals surface area (Å²) in [5, 5.41) is 2.70. The minimum absolute atomic E-state index is 0. The monoisotopic (exact) mass is 332 g/mol. The molecule has 2 atom stereocenters. The average molecular weight is 333 g/mol. The van der Waals surface area contributed by atoms with Gasteiger partial charge in [0.25, 0.3) is 0 Å². The number of anilines is 1. The topological polar surface area (TPSA) is 89.3 Å². The Morgan fingerprint density at radius 1 is 1.43 bits per heavy atom. The molecule has 118 valence electrons. The van der Waals surface area contributed by atoms with Crippen LogP contribution in [0, 0.1) is 5.92 Å². The van der Waals surface area contributed by atoms with Crippen LogP contribution in [-0.2, 0) is 21.1 Å². The molecule has 0 aliphatic carbocycles. The lowest BCUT2D eigenvalue weighted by atomic mass is 9.99. The van der Waals surface area contributed by atoms with E-state index in [4.69, 9.17) is 5.73 Å². The Morgan fingerprint density at radius 3 is 2.71 bits per heavy atom. The highest BCUT2D eigenvalue weighted by atomic mass is 35.5. The van der Waals surface area contributed by atoms with Crippen LogP contribution in [0.4, 0.5) is 5.69 Å². The van der Waals surface area contributed by atoms with Crippen molar-refractivity contribution in [3.05, 3.63) is 23.8 Å². The van der Waals surface area contributed by atoms with Gasteiger partial charge in [0.05, 0.1) is 16.7 Å². The van der Waals surface area contributed by atoms with E-state index in [1.54, 1.807) is 12.1 Å². The van der Waals surface area contributed by atoms with Crippen LogP contribution in [0.2, 0.25) is 0 Å². The molecular formula is C14H21ClN2O3S. The van der Waals surface area contributed by atoms with E-state index < -0.39 is 15.9 Å². The fourth-order valence-electron chi connectivity index (χ4n) is 2.22. The first-order valence-electron chi connectivity index (χ1n) is 6.77. The number of benzene rings is 1. The summed E-state index contributed by atoms with van der Waals surface area (Å²) in [7, 11) is -3.19. The standard InChI is InChI=1S/C14H20N2O3S.ClH/c1-3-9(2)13(15)14(17)16-11-5-4-10-6-7-20(18,19)12(10)8-11;/h4-5,8-9,13H,3,6-7,15H2,1-2H3,(H,16,17);1H. The van der Waals surface area contributed by atoms with Crippen molar-refractivity contribution in [2.24, 2.45) is 11.7 Å². The smallest absolute Gasteiger partial charge is 0.241 e. The van der Waals surface area contributed by atoms with Crippen LogP contribution in [0.1, 0.15) is 25.8 Å². The number of carbonyl (C=O) groups excluding carboxylic acids is 1. The quantitative estimate of drug-likeness (QED) is 0.879. The van der Waals surface area contributed by atoms with Gasteiger partial charge >= 0.3 is 0 Å². The lowest BCUT2D eigenvalue weighted by Crippen LogP contribution is -2.40. The molecule has 0 aromatic heterocycles. The van der Waals surface area contributed by atoms with Crippen LogP contribution in [0.25, 0.3) is 0 Å². The van der Waals surface area contributed by atoms with Gasteiger partial charge in [-0.1, -0.05) is 26.3 Å². The molecule has 2 unspecified atom stereocenters. The van der Waals surface area contributed by atoms with E-state index in [1.165, 1.54) is 6.07 Å². The number of nitrogens with two attached hydrogens (primary N) is 1. The van der Waals surface area contributed by atoms with Crippen molar-refractivity contribution >= 4 is 33.8 Å². The second-order valence-corrected chi connectivity index (χ2v) is 7.37. The van der Waals surface area contributed by atoms with Crippen molar-refractivity contribution in [1.82, 2.24) is 0 Å². The number of fused-ring (bicyclic) bond motifs is 1. The molecule has 1 aromatic rings. The summed E-state index contributed by atoms with van der Waals surface area (Å²) in [6.07, 6.45) is 1.35. The van der Waals surface area contributed by atoms with Crippen molar-refractivity contribution < 1.29 is 13.2 Å². The second kappa shape index (κ2) is 6.77. The Balaban J connectivity index is 0.00000220. The number of sulfone groups is 1. The predicted molar refractivity (Wildman–Crippen MR) is 85.5 cm³/mol. The Bertz CT molecular complexity index is 631. The third-order valence-corrected chi connectivity index (χ3v) is 5.66. The number of nitrogens with one attached hydrogen (secondary N) is 1. The highest BCUT2D eigenvalue weighted by Crippen LogP contribution is 2.28. The number of amides is 1. The first kappa shape index (κ1) is 17.9. The summed E-state index contributed by atoms with van der Waals surface area (Å²) in [6.45, 7) is 3.89. The zero-order valence-electron chi connectivity index (χ0n) is 12.1. The molecular weight excluding hydrogens is 312 g/mol. The van der Waals surface area contributed by atoms with Gasteiger partial charge in [0.1, 0.15) is 0 Å². The molecule has 0 radical (unpaired) electrons. The molecule has 0 spiro atoms. The zero-order valence-corrected chi connectivity index (χ0v) is 13.8. The maximum atomic E-state index is 12.0. The minimum Gasteiger partial charge on any atom is -0.325 e. The van der Waals surface area contributed by atoms with Crippen LogP contribution in [0.15, 0.2) is 23.1 Å². The molecule has 0 fully saturated rings. The molecule has 7 heteroatoms. The van der Waals surface area contributed by atoms with E-state index in [0.717, 1.165) is 12.0 Å². The third kappa shape index (κ3) is 3.75. The van der Waals surface area contributed by atoms with Crippen LogP contribution < -0.4 is 11.1 Å². The van der Waals surface area contributed by atoms with Gasteiger partial charge in [-0.25, -0.2) is 8.42 Å². The first-order chi connectivity index (χ1) is 9.35. The van der Waals surface area contributed by atoms with Gasteiger partial charge in [0.15, 0.2) is 9.84 Å². The Hall–Kier alpha value is -1.11. The summed E-state index contributed by atoms with van der Waals surface area (Å²) < 4.78 is 23.7. The average Bonchev–Trinajstić information content (AvgIpc) is 2.72. The fourth-order valence-corrected chi connectivity index (χ4v) is 3.81. The lowest BCUT2D eigenvalue weighted by Gasteiger charge is -2.18. The molecule has 1 aliphatic rings. The predicted octanol–water partition coefficient (Wildman–Crippen LogP) is 1.75. The number of hydrogen-bond donors (Lipinski definition) is 2. The molecule has 1 heterocycles. The number of hydrogen-bond acceptors (Lipinski definition) is 4. The summed E-state index contributed by atoms with van der Waals surface area (Å²) in [5.74, 6) is -0.0607. The van der Waals surface area contributed by atoms with Gasteiger partial charge in [-0.2, -0.15) is 0 Å². The van der Waals surface area contributed by atoms with Crippen LogP contribution in [-0.4, -0.2) is 26.1 Å². The van der Waals surface area contributed by atoms with Crippen LogP contribution in [0.3, 0.4) is 0 Å². The van der Waals surface area contributed by atoms with Gasteiger partial charge < -0.3 is 11.1 Å². The van der Waals surface area contributed by atoms with Gasteiger partial charge in [0, 0.05) is 5.69 Å². The zero-order chi connectivity index (χ0) is 14.9.